The van der Waals surface area contributed by atoms with Crippen molar-refractivity contribution >= 4 is 17.8 Å². The molecule has 0 aliphatic rings. The highest BCUT2D eigenvalue weighted by atomic mass is 16.6. The van der Waals surface area contributed by atoms with Crippen LogP contribution >= 0.6 is 0 Å². The Balaban J connectivity index is 3.52. The van der Waals surface area contributed by atoms with Gasteiger partial charge in [0, 0.05) is 23.3 Å². The van der Waals surface area contributed by atoms with Crippen LogP contribution in [-0.4, -0.2) is 17.0 Å². The second kappa shape index (κ2) is 4.00. The Bertz CT molecular complexity index is 451. The zero-order valence-electron chi connectivity index (χ0n) is 8.31. The SMILES string of the molecule is CC(=O)c1cc([N+](=O)[O-])cc(C)c1C=O. The fraction of sp³-hybridized carbons (Fsp3) is 0.200. The molecule has 1 aromatic rings. The van der Waals surface area contributed by atoms with Crippen LogP contribution in [0.4, 0.5) is 5.69 Å². The molecule has 0 saturated heterocycles. The van der Waals surface area contributed by atoms with Gasteiger partial charge >= 0.3 is 0 Å². The van der Waals surface area contributed by atoms with E-state index in [1.807, 2.05) is 0 Å². The zero-order chi connectivity index (χ0) is 11.6. The van der Waals surface area contributed by atoms with Crippen LogP contribution in [0.5, 0.6) is 0 Å². The van der Waals surface area contributed by atoms with E-state index in [1.54, 1.807) is 6.92 Å². The van der Waals surface area contributed by atoms with Gasteiger partial charge in [0.05, 0.1) is 4.92 Å². The Morgan fingerprint density at radius 2 is 2.07 bits per heavy atom. The molecule has 1 rings (SSSR count). The highest BCUT2D eigenvalue weighted by Crippen LogP contribution is 2.21. The van der Waals surface area contributed by atoms with Crippen LogP contribution in [0, 0.1) is 17.0 Å². The van der Waals surface area contributed by atoms with Gasteiger partial charge in [-0.2, -0.15) is 0 Å². The number of hydrogen-bond donors (Lipinski definition) is 0. The van der Waals surface area contributed by atoms with E-state index in [0.29, 0.717) is 11.8 Å². The van der Waals surface area contributed by atoms with E-state index in [-0.39, 0.29) is 22.6 Å². The van der Waals surface area contributed by atoms with Gasteiger partial charge in [0.25, 0.3) is 5.69 Å². The number of carbonyl (C=O) groups excluding carboxylic acids is 2. The summed E-state index contributed by atoms with van der Waals surface area (Å²) in [5.74, 6) is -0.357. The normalized spacial score (nSPS) is 9.73. The average molecular weight is 207 g/mol. The maximum Gasteiger partial charge on any atom is 0.270 e. The minimum Gasteiger partial charge on any atom is -0.298 e. The fourth-order valence-electron chi connectivity index (χ4n) is 1.33. The Labute approximate surface area is 85.9 Å². The lowest BCUT2D eigenvalue weighted by molar-refractivity contribution is -0.384. The van der Waals surface area contributed by atoms with Crippen LogP contribution in [0.15, 0.2) is 12.1 Å². The molecule has 0 aliphatic carbocycles. The molecule has 0 bridgehead atoms. The summed E-state index contributed by atoms with van der Waals surface area (Å²) >= 11 is 0. The van der Waals surface area contributed by atoms with Crippen LogP contribution in [0.25, 0.3) is 0 Å². The van der Waals surface area contributed by atoms with Gasteiger partial charge in [-0.25, -0.2) is 0 Å². The molecule has 0 fully saturated rings. The molecule has 0 aromatic heterocycles. The average Bonchev–Trinajstić information content (AvgIpc) is 2.16. The maximum absolute atomic E-state index is 11.2. The lowest BCUT2D eigenvalue weighted by atomic mass is 9.99. The first-order valence-electron chi connectivity index (χ1n) is 4.22. The maximum atomic E-state index is 11.2. The molecule has 0 radical (unpaired) electrons. The van der Waals surface area contributed by atoms with Crippen molar-refractivity contribution < 1.29 is 14.5 Å². The lowest BCUT2D eigenvalue weighted by Gasteiger charge is -2.04. The predicted octanol–water partition coefficient (Wildman–Crippen LogP) is 1.92. The molecule has 0 atom stereocenters. The Morgan fingerprint density at radius 1 is 1.47 bits per heavy atom. The van der Waals surface area contributed by atoms with Gasteiger partial charge in [0.1, 0.15) is 0 Å². The third-order valence-corrected chi connectivity index (χ3v) is 2.08. The van der Waals surface area contributed by atoms with Crippen molar-refractivity contribution in [2.24, 2.45) is 0 Å². The first kappa shape index (κ1) is 11.0. The van der Waals surface area contributed by atoms with Crippen LogP contribution in [-0.2, 0) is 0 Å². The number of hydrogen-bond acceptors (Lipinski definition) is 4. The summed E-state index contributed by atoms with van der Waals surface area (Å²) in [6.07, 6.45) is 0.537. The Kier molecular flexibility index (Phi) is 2.94. The van der Waals surface area contributed by atoms with E-state index in [4.69, 9.17) is 0 Å². The summed E-state index contributed by atoms with van der Waals surface area (Å²) in [5, 5.41) is 10.5. The van der Waals surface area contributed by atoms with Gasteiger partial charge in [0.15, 0.2) is 12.1 Å². The van der Waals surface area contributed by atoms with Crippen molar-refractivity contribution in [1.29, 1.82) is 0 Å². The van der Waals surface area contributed by atoms with E-state index >= 15 is 0 Å². The quantitative estimate of drug-likeness (QED) is 0.328. The highest BCUT2D eigenvalue weighted by Gasteiger charge is 2.16. The Morgan fingerprint density at radius 3 is 2.47 bits per heavy atom. The van der Waals surface area contributed by atoms with Crippen molar-refractivity contribution in [2.75, 3.05) is 0 Å². The summed E-state index contributed by atoms with van der Waals surface area (Å²) in [5.41, 5.74) is 0.567. The molecular formula is C10H9NO4. The van der Waals surface area contributed by atoms with Gasteiger partial charge in [-0.1, -0.05) is 0 Å². The summed E-state index contributed by atoms with van der Waals surface area (Å²) < 4.78 is 0. The van der Waals surface area contributed by atoms with Crippen molar-refractivity contribution in [2.45, 2.75) is 13.8 Å². The summed E-state index contributed by atoms with van der Waals surface area (Å²) in [6, 6.07) is 2.40. The van der Waals surface area contributed by atoms with E-state index in [1.165, 1.54) is 13.0 Å². The smallest absolute Gasteiger partial charge is 0.270 e. The summed E-state index contributed by atoms with van der Waals surface area (Å²) in [4.78, 5) is 31.8. The van der Waals surface area contributed by atoms with Crippen molar-refractivity contribution in [3.8, 4) is 0 Å². The van der Waals surface area contributed by atoms with Gasteiger partial charge in [-0.05, 0) is 19.4 Å². The predicted molar refractivity (Wildman–Crippen MR) is 53.2 cm³/mol. The number of ketones is 1. The van der Waals surface area contributed by atoms with Crippen LogP contribution in [0.1, 0.15) is 33.2 Å². The van der Waals surface area contributed by atoms with E-state index < -0.39 is 4.92 Å². The Hall–Kier alpha value is -2.04. The standard InChI is InChI=1S/C10H9NO4/c1-6-3-8(11(14)15)4-9(7(2)13)10(6)5-12/h3-5H,1-2H3. The summed E-state index contributed by atoms with van der Waals surface area (Å²) in [6.45, 7) is 2.83. The number of aldehydes is 1. The third kappa shape index (κ3) is 2.07. The van der Waals surface area contributed by atoms with Crippen molar-refractivity contribution in [1.82, 2.24) is 0 Å². The molecule has 0 saturated carbocycles. The summed E-state index contributed by atoms with van der Waals surface area (Å²) in [7, 11) is 0. The molecule has 5 heteroatoms. The number of Topliss-reactive ketones (excluding diaryl/α,β-unsaturated/α-hetero) is 1. The van der Waals surface area contributed by atoms with Crippen molar-refractivity contribution in [3.63, 3.8) is 0 Å². The minimum absolute atomic E-state index is 0.0942. The first-order chi connectivity index (χ1) is 6.97. The molecule has 0 unspecified atom stereocenters. The fourth-order valence-corrected chi connectivity index (χ4v) is 1.33. The molecule has 0 heterocycles. The van der Waals surface area contributed by atoms with Gasteiger partial charge in [-0.3, -0.25) is 19.7 Å². The van der Waals surface area contributed by atoms with Crippen LogP contribution in [0.3, 0.4) is 0 Å². The van der Waals surface area contributed by atoms with E-state index in [0.717, 1.165) is 6.07 Å². The molecule has 15 heavy (non-hydrogen) atoms. The highest BCUT2D eigenvalue weighted by molar-refractivity contribution is 6.02. The van der Waals surface area contributed by atoms with E-state index in [2.05, 4.69) is 0 Å². The number of rotatable bonds is 3. The monoisotopic (exact) mass is 207 g/mol. The zero-order valence-corrected chi connectivity index (χ0v) is 8.31. The second-order valence-electron chi connectivity index (χ2n) is 3.16. The van der Waals surface area contributed by atoms with E-state index in [9.17, 15) is 19.7 Å². The molecule has 0 amide bonds. The van der Waals surface area contributed by atoms with Crippen LogP contribution < -0.4 is 0 Å². The third-order valence-electron chi connectivity index (χ3n) is 2.08. The number of nitrogens with zero attached hydrogens (tertiary/aromatic N) is 1. The van der Waals surface area contributed by atoms with Crippen molar-refractivity contribution in [3.05, 3.63) is 38.9 Å². The number of nitro benzene ring substituents is 1. The first-order valence-corrected chi connectivity index (χ1v) is 4.22. The largest absolute Gasteiger partial charge is 0.298 e. The van der Waals surface area contributed by atoms with Gasteiger partial charge < -0.3 is 0 Å². The molecule has 0 spiro atoms. The number of nitro groups is 1. The number of non-ortho nitro benzene ring substituents is 1. The van der Waals surface area contributed by atoms with Gasteiger partial charge in [-0.15, -0.1) is 0 Å². The molecule has 0 N–H and O–H groups in total. The number of benzene rings is 1. The van der Waals surface area contributed by atoms with Gasteiger partial charge in [0.2, 0.25) is 0 Å². The van der Waals surface area contributed by atoms with Crippen LogP contribution in [0.2, 0.25) is 0 Å². The number of carbonyl (C=O) groups is 2. The second-order valence-corrected chi connectivity index (χ2v) is 3.16. The molecular weight excluding hydrogens is 198 g/mol. The minimum atomic E-state index is -0.589. The molecule has 1 aromatic carbocycles. The topological polar surface area (TPSA) is 77.3 Å². The molecule has 0 aliphatic heterocycles. The lowest BCUT2D eigenvalue weighted by Crippen LogP contribution is -2.03. The number of aryl methyl sites for hydroxylation is 1. The molecule has 5 nitrogen and oxygen atoms in total. The molecule has 78 valence electrons.